The molecule has 0 spiro atoms. The third-order valence-corrected chi connectivity index (χ3v) is 6.99. The van der Waals surface area contributed by atoms with Crippen molar-refractivity contribution in [3.05, 3.63) is 135 Å². The first-order chi connectivity index (χ1) is 21.7. The average molecular weight is 604 g/mol. The SMILES string of the molecule is Cc1ccc(-n2nc(COC(=O)COc3cc(O)c4c(=O)cc(-c5ccccc5)oc4c3)cc2-c2ccc([N+](=O)[O-])cc2)cc1. The molecule has 0 saturated heterocycles. The molecule has 0 radical (unpaired) electrons. The zero-order chi connectivity index (χ0) is 31.5. The molecule has 2 aromatic heterocycles. The first kappa shape index (κ1) is 28.9. The molecule has 0 aliphatic heterocycles. The Morgan fingerprint density at radius 1 is 0.956 bits per heavy atom. The average Bonchev–Trinajstić information content (AvgIpc) is 3.47. The molecule has 0 unspecified atom stereocenters. The number of non-ortho nitro benzene ring substituents is 1. The van der Waals surface area contributed by atoms with Crippen molar-refractivity contribution < 1.29 is 28.7 Å². The summed E-state index contributed by atoms with van der Waals surface area (Å²) >= 11 is 0. The second-order valence-corrected chi connectivity index (χ2v) is 10.2. The fraction of sp³-hybridized carbons (Fsp3) is 0.0882. The first-order valence-corrected chi connectivity index (χ1v) is 13.8. The van der Waals surface area contributed by atoms with Crippen molar-refractivity contribution in [2.24, 2.45) is 0 Å². The van der Waals surface area contributed by atoms with Gasteiger partial charge in [-0.15, -0.1) is 0 Å². The fourth-order valence-corrected chi connectivity index (χ4v) is 4.75. The number of esters is 1. The molecule has 11 heteroatoms. The van der Waals surface area contributed by atoms with Gasteiger partial charge in [0.05, 0.1) is 16.3 Å². The molecule has 0 amide bonds. The van der Waals surface area contributed by atoms with Crippen LogP contribution in [0.1, 0.15) is 11.3 Å². The van der Waals surface area contributed by atoms with Crippen LogP contribution in [0.25, 0.3) is 39.2 Å². The second kappa shape index (κ2) is 12.2. The van der Waals surface area contributed by atoms with Gasteiger partial charge in [-0.25, -0.2) is 9.48 Å². The van der Waals surface area contributed by atoms with E-state index in [1.54, 1.807) is 35.0 Å². The number of nitrogens with zero attached hydrogens (tertiary/aromatic N) is 3. The van der Waals surface area contributed by atoms with E-state index in [0.29, 0.717) is 28.3 Å². The van der Waals surface area contributed by atoms with Crippen molar-refractivity contribution >= 4 is 22.6 Å². The van der Waals surface area contributed by atoms with Crippen molar-refractivity contribution in [1.82, 2.24) is 9.78 Å². The van der Waals surface area contributed by atoms with Gasteiger partial charge in [-0.2, -0.15) is 5.10 Å². The number of fused-ring (bicyclic) bond motifs is 1. The Morgan fingerprint density at radius 3 is 2.40 bits per heavy atom. The Kier molecular flexibility index (Phi) is 7.81. The largest absolute Gasteiger partial charge is 0.507 e. The molecule has 0 bridgehead atoms. The molecule has 224 valence electrons. The van der Waals surface area contributed by atoms with Crippen LogP contribution < -0.4 is 10.2 Å². The van der Waals surface area contributed by atoms with Gasteiger partial charge in [0.1, 0.15) is 40.5 Å². The lowest BCUT2D eigenvalue weighted by Crippen LogP contribution is -2.15. The van der Waals surface area contributed by atoms with E-state index in [4.69, 9.17) is 13.9 Å². The first-order valence-electron chi connectivity index (χ1n) is 13.8. The predicted octanol–water partition coefficient (Wildman–Crippen LogP) is 6.36. The highest BCUT2D eigenvalue weighted by atomic mass is 16.6. The Morgan fingerprint density at radius 2 is 1.69 bits per heavy atom. The highest BCUT2D eigenvalue weighted by Crippen LogP contribution is 2.31. The van der Waals surface area contributed by atoms with Crippen LogP contribution in [0.15, 0.2) is 112 Å². The van der Waals surface area contributed by atoms with Crippen LogP contribution in [0.2, 0.25) is 0 Å². The van der Waals surface area contributed by atoms with E-state index in [2.05, 4.69) is 5.10 Å². The Labute approximate surface area is 255 Å². The number of carbonyl (C=O) groups excluding carboxylic acids is 1. The van der Waals surface area contributed by atoms with Crippen LogP contribution in [0.3, 0.4) is 0 Å². The Hall–Kier alpha value is -6.23. The van der Waals surface area contributed by atoms with E-state index >= 15 is 0 Å². The van der Waals surface area contributed by atoms with Gasteiger partial charge in [-0.1, -0.05) is 48.0 Å². The molecular formula is C34H25N3O8. The summed E-state index contributed by atoms with van der Waals surface area (Å²) in [6, 6.07) is 28.5. The summed E-state index contributed by atoms with van der Waals surface area (Å²) in [7, 11) is 0. The van der Waals surface area contributed by atoms with Crippen molar-refractivity contribution in [2.75, 3.05) is 6.61 Å². The van der Waals surface area contributed by atoms with Gasteiger partial charge in [0.25, 0.3) is 5.69 Å². The number of aromatic nitrogens is 2. The van der Waals surface area contributed by atoms with Crippen LogP contribution in [0.4, 0.5) is 5.69 Å². The molecule has 2 heterocycles. The van der Waals surface area contributed by atoms with E-state index in [0.717, 1.165) is 11.3 Å². The van der Waals surface area contributed by atoms with Crippen LogP contribution in [-0.2, 0) is 16.1 Å². The number of carbonyl (C=O) groups is 1. The molecule has 6 aromatic rings. The van der Waals surface area contributed by atoms with E-state index in [9.17, 15) is 24.8 Å². The predicted molar refractivity (Wildman–Crippen MR) is 165 cm³/mol. The monoisotopic (exact) mass is 603 g/mol. The maximum Gasteiger partial charge on any atom is 0.344 e. The zero-order valence-corrected chi connectivity index (χ0v) is 23.9. The minimum Gasteiger partial charge on any atom is -0.507 e. The summed E-state index contributed by atoms with van der Waals surface area (Å²) in [6.07, 6.45) is 0. The van der Waals surface area contributed by atoms with Crippen LogP contribution in [0.5, 0.6) is 11.5 Å². The van der Waals surface area contributed by atoms with Crippen molar-refractivity contribution in [2.45, 2.75) is 13.5 Å². The minimum absolute atomic E-state index is 0.00223. The molecular weight excluding hydrogens is 578 g/mol. The maximum absolute atomic E-state index is 12.7. The summed E-state index contributed by atoms with van der Waals surface area (Å²) in [5.74, 6) is -0.614. The van der Waals surface area contributed by atoms with E-state index < -0.39 is 22.9 Å². The molecule has 11 nitrogen and oxygen atoms in total. The van der Waals surface area contributed by atoms with E-state index in [-0.39, 0.29) is 34.8 Å². The number of nitro groups is 1. The number of hydrogen-bond acceptors (Lipinski definition) is 9. The molecule has 45 heavy (non-hydrogen) atoms. The minimum atomic E-state index is -0.698. The molecule has 1 N–H and O–H groups in total. The quantitative estimate of drug-likeness (QED) is 0.113. The number of aryl methyl sites for hydroxylation is 1. The summed E-state index contributed by atoms with van der Waals surface area (Å²) in [5, 5.41) is 26.2. The van der Waals surface area contributed by atoms with Crippen molar-refractivity contribution in [3.8, 4) is 39.8 Å². The number of benzene rings is 4. The molecule has 0 aliphatic rings. The third kappa shape index (κ3) is 6.27. The fourth-order valence-electron chi connectivity index (χ4n) is 4.75. The summed E-state index contributed by atoms with van der Waals surface area (Å²) in [6.45, 7) is 1.31. The summed E-state index contributed by atoms with van der Waals surface area (Å²) in [4.78, 5) is 36.0. The lowest BCUT2D eigenvalue weighted by atomic mass is 10.1. The second-order valence-electron chi connectivity index (χ2n) is 10.2. The lowest BCUT2D eigenvalue weighted by Gasteiger charge is -2.09. The standard InChI is InChI=1S/C34H25N3O8/c1-21-7-11-25(12-8-21)36-28(22-9-13-26(14-10-22)37(41)42)15-24(35-36)19-44-33(40)20-43-27-16-29(38)34-30(39)18-31(45-32(34)17-27)23-5-3-2-4-6-23/h2-18,38H,19-20H2,1H3. The molecule has 4 aromatic carbocycles. The Balaban J connectivity index is 1.18. The van der Waals surface area contributed by atoms with Gasteiger partial charge < -0.3 is 19.0 Å². The number of aromatic hydroxyl groups is 1. The van der Waals surface area contributed by atoms with Crippen LogP contribution in [-0.4, -0.2) is 32.4 Å². The van der Waals surface area contributed by atoms with Crippen LogP contribution in [0, 0.1) is 17.0 Å². The summed E-state index contributed by atoms with van der Waals surface area (Å²) < 4.78 is 18.5. The third-order valence-electron chi connectivity index (χ3n) is 6.99. The molecule has 6 rings (SSSR count). The van der Waals surface area contributed by atoms with Gasteiger partial charge in [0.2, 0.25) is 0 Å². The highest BCUT2D eigenvalue weighted by Gasteiger charge is 2.17. The van der Waals surface area contributed by atoms with Crippen molar-refractivity contribution in [3.63, 3.8) is 0 Å². The van der Waals surface area contributed by atoms with Crippen molar-refractivity contribution in [1.29, 1.82) is 0 Å². The van der Waals surface area contributed by atoms with Gasteiger partial charge in [0.15, 0.2) is 12.0 Å². The smallest absolute Gasteiger partial charge is 0.344 e. The van der Waals surface area contributed by atoms with E-state index in [1.807, 2.05) is 49.4 Å². The van der Waals surface area contributed by atoms with Gasteiger partial charge in [-0.3, -0.25) is 14.9 Å². The number of nitro benzene ring substituents is 1. The highest BCUT2D eigenvalue weighted by molar-refractivity contribution is 5.86. The van der Waals surface area contributed by atoms with Gasteiger partial charge in [0, 0.05) is 41.5 Å². The molecule has 0 fully saturated rings. The zero-order valence-electron chi connectivity index (χ0n) is 23.9. The molecule has 0 saturated carbocycles. The lowest BCUT2D eigenvalue weighted by molar-refractivity contribution is -0.384. The number of hydrogen-bond donors (Lipinski definition) is 1. The maximum atomic E-state index is 12.7. The Bertz CT molecular complexity index is 2080. The molecule has 0 aliphatic carbocycles. The topological polar surface area (TPSA) is 147 Å². The summed E-state index contributed by atoms with van der Waals surface area (Å²) in [5.41, 5.74) is 3.94. The number of rotatable bonds is 9. The van der Waals surface area contributed by atoms with Gasteiger partial charge >= 0.3 is 5.97 Å². The number of phenolic OH excluding ortho intramolecular Hbond substituents is 1. The molecule has 0 atom stereocenters. The van der Waals surface area contributed by atoms with Crippen LogP contribution >= 0.6 is 0 Å². The van der Waals surface area contributed by atoms with E-state index in [1.165, 1.54) is 30.3 Å². The van der Waals surface area contributed by atoms with Gasteiger partial charge in [-0.05, 0) is 37.3 Å². The normalized spacial score (nSPS) is 11.0. The number of ether oxygens (including phenoxy) is 2. The number of phenols is 1.